The van der Waals surface area contributed by atoms with Gasteiger partial charge in [0.1, 0.15) is 6.10 Å². The average Bonchev–Trinajstić information content (AvgIpc) is 2.04. The summed E-state index contributed by atoms with van der Waals surface area (Å²) in [5, 5.41) is 8.96. The van der Waals surface area contributed by atoms with E-state index in [0.717, 1.165) is 0 Å². The van der Waals surface area contributed by atoms with E-state index in [4.69, 9.17) is 16.7 Å². The highest BCUT2D eigenvalue weighted by Gasteiger charge is 2.21. The molecule has 1 unspecified atom stereocenters. The Balaban J connectivity index is 2.94. The molecule has 0 fully saturated rings. The number of hydrogen-bond acceptors (Lipinski definition) is 2. The summed E-state index contributed by atoms with van der Waals surface area (Å²) in [4.78, 5) is 3.60. The van der Waals surface area contributed by atoms with E-state index in [2.05, 4.69) is 4.98 Å². The molecule has 2 nitrogen and oxygen atoms in total. The van der Waals surface area contributed by atoms with Crippen molar-refractivity contribution in [2.45, 2.75) is 12.5 Å². The molecule has 66 valence electrons. The van der Waals surface area contributed by atoms with Gasteiger partial charge in [-0.15, -0.1) is 0 Å². The number of aliphatic hydroxyl groups is 1. The molecule has 0 spiro atoms. The van der Waals surface area contributed by atoms with Gasteiger partial charge in [-0.05, 0) is 6.07 Å². The Morgan fingerprint density at radius 1 is 1.50 bits per heavy atom. The van der Waals surface area contributed by atoms with Crippen molar-refractivity contribution >= 4 is 11.6 Å². The molecule has 1 aromatic rings. The third-order valence-corrected chi connectivity index (χ3v) is 1.68. The zero-order valence-corrected chi connectivity index (χ0v) is 6.67. The number of hydrogen-bond donors (Lipinski definition) is 1. The second-order valence-corrected chi connectivity index (χ2v) is 2.58. The highest BCUT2D eigenvalue weighted by Crippen LogP contribution is 2.25. The molecule has 1 atom stereocenters. The predicted octanol–water partition coefficient (Wildman–Crippen LogP) is 2.03. The van der Waals surface area contributed by atoms with Crippen LogP contribution in [0, 0.1) is 0 Å². The molecule has 0 bridgehead atoms. The van der Waals surface area contributed by atoms with Gasteiger partial charge < -0.3 is 5.11 Å². The van der Waals surface area contributed by atoms with Crippen LogP contribution >= 0.6 is 11.6 Å². The van der Waals surface area contributed by atoms with Crippen LogP contribution in [0.2, 0.25) is 5.02 Å². The van der Waals surface area contributed by atoms with Crippen molar-refractivity contribution in [3.05, 3.63) is 29.0 Å². The van der Waals surface area contributed by atoms with Gasteiger partial charge in [-0.2, -0.15) is 0 Å². The van der Waals surface area contributed by atoms with Gasteiger partial charge in [-0.25, -0.2) is 8.78 Å². The van der Waals surface area contributed by atoms with E-state index in [1.165, 1.54) is 18.5 Å². The molecule has 0 saturated carbocycles. The van der Waals surface area contributed by atoms with Gasteiger partial charge in [0.15, 0.2) is 0 Å². The third-order valence-electron chi connectivity index (χ3n) is 1.36. The van der Waals surface area contributed by atoms with E-state index in [-0.39, 0.29) is 10.6 Å². The lowest BCUT2D eigenvalue weighted by atomic mass is 10.1. The summed E-state index contributed by atoms with van der Waals surface area (Å²) in [6, 6.07) is 1.26. The number of nitrogens with zero attached hydrogens (tertiary/aromatic N) is 1. The quantitative estimate of drug-likeness (QED) is 0.780. The number of halogens is 3. The lowest BCUT2D eigenvalue weighted by Gasteiger charge is -2.10. The fourth-order valence-electron chi connectivity index (χ4n) is 0.762. The van der Waals surface area contributed by atoms with E-state index >= 15 is 0 Å². The minimum Gasteiger partial charge on any atom is -0.382 e. The second-order valence-electron chi connectivity index (χ2n) is 2.18. The summed E-state index contributed by atoms with van der Waals surface area (Å²) >= 11 is 5.51. The minimum atomic E-state index is -2.83. The van der Waals surface area contributed by atoms with Gasteiger partial charge in [-0.3, -0.25) is 4.98 Å². The molecule has 1 aromatic heterocycles. The molecule has 0 saturated heterocycles. The van der Waals surface area contributed by atoms with Crippen molar-refractivity contribution in [3.8, 4) is 0 Å². The normalized spacial score (nSPS) is 13.4. The van der Waals surface area contributed by atoms with Gasteiger partial charge in [0, 0.05) is 18.0 Å². The zero-order chi connectivity index (χ0) is 9.14. The van der Waals surface area contributed by atoms with Crippen molar-refractivity contribution < 1.29 is 13.9 Å². The highest BCUT2D eigenvalue weighted by molar-refractivity contribution is 6.31. The van der Waals surface area contributed by atoms with Crippen LogP contribution in [0.4, 0.5) is 8.78 Å². The average molecular weight is 194 g/mol. The van der Waals surface area contributed by atoms with Crippen LogP contribution in [-0.4, -0.2) is 16.5 Å². The lowest BCUT2D eigenvalue weighted by molar-refractivity contribution is -0.00576. The predicted molar refractivity (Wildman–Crippen MR) is 40.2 cm³/mol. The number of pyridine rings is 1. The molecule has 0 radical (unpaired) electrons. The van der Waals surface area contributed by atoms with E-state index in [9.17, 15) is 8.78 Å². The Bertz CT molecular complexity index is 269. The Morgan fingerprint density at radius 3 is 2.67 bits per heavy atom. The first-order chi connectivity index (χ1) is 5.63. The third kappa shape index (κ3) is 1.89. The lowest BCUT2D eigenvalue weighted by Crippen LogP contribution is -2.08. The Morgan fingerprint density at radius 2 is 2.17 bits per heavy atom. The molecule has 1 heterocycles. The van der Waals surface area contributed by atoms with Gasteiger partial charge in [0.2, 0.25) is 0 Å². The van der Waals surface area contributed by atoms with Crippen molar-refractivity contribution in [2.75, 3.05) is 0 Å². The van der Waals surface area contributed by atoms with E-state index in [0.29, 0.717) is 0 Å². The van der Waals surface area contributed by atoms with Crippen molar-refractivity contribution in [3.63, 3.8) is 0 Å². The number of rotatable bonds is 2. The first kappa shape index (κ1) is 9.35. The minimum absolute atomic E-state index is 0.00154. The van der Waals surface area contributed by atoms with Crippen LogP contribution in [0.5, 0.6) is 0 Å². The van der Waals surface area contributed by atoms with Crippen LogP contribution in [0.15, 0.2) is 18.5 Å². The SMILES string of the molecule is OC(c1ccncc1Cl)C(F)F. The fourth-order valence-corrected chi connectivity index (χ4v) is 0.993. The van der Waals surface area contributed by atoms with E-state index in [1.54, 1.807) is 0 Å². The summed E-state index contributed by atoms with van der Waals surface area (Å²) in [7, 11) is 0. The Labute approximate surface area is 72.8 Å². The first-order valence-corrected chi connectivity index (χ1v) is 3.56. The maximum absolute atomic E-state index is 12.0. The highest BCUT2D eigenvalue weighted by atomic mass is 35.5. The van der Waals surface area contributed by atoms with Crippen LogP contribution in [0.1, 0.15) is 11.7 Å². The smallest absolute Gasteiger partial charge is 0.268 e. The molecule has 0 aliphatic rings. The van der Waals surface area contributed by atoms with Crippen LogP contribution in [0.3, 0.4) is 0 Å². The monoisotopic (exact) mass is 193 g/mol. The second kappa shape index (κ2) is 3.78. The molecule has 1 rings (SSSR count). The van der Waals surface area contributed by atoms with Crippen molar-refractivity contribution in [1.29, 1.82) is 0 Å². The summed E-state index contributed by atoms with van der Waals surface area (Å²) in [6.45, 7) is 0. The Kier molecular flexibility index (Phi) is 2.94. The molecular weight excluding hydrogens is 188 g/mol. The largest absolute Gasteiger partial charge is 0.382 e. The van der Waals surface area contributed by atoms with E-state index in [1.807, 2.05) is 0 Å². The standard InChI is InChI=1S/C7H6ClF2NO/c8-5-3-11-2-1-4(5)6(12)7(9)10/h1-3,6-7,12H. The van der Waals surface area contributed by atoms with Gasteiger partial charge in [-0.1, -0.05) is 11.6 Å². The molecule has 5 heteroatoms. The summed E-state index contributed by atoms with van der Waals surface area (Å²) in [5.41, 5.74) is 0.00154. The fraction of sp³-hybridized carbons (Fsp3) is 0.286. The van der Waals surface area contributed by atoms with Crippen molar-refractivity contribution in [1.82, 2.24) is 4.98 Å². The molecule has 0 aromatic carbocycles. The van der Waals surface area contributed by atoms with Crippen LogP contribution in [0.25, 0.3) is 0 Å². The number of aliphatic hydroxyl groups excluding tert-OH is 1. The van der Waals surface area contributed by atoms with Crippen LogP contribution in [-0.2, 0) is 0 Å². The summed E-state index contributed by atoms with van der Waals surface area (Å²) in [6.07, 6.45) is -2.15. The topological polar surface area (TPSA) is 33.1 Å². The summed E-state index contributed by atoms with van der Waals surface area (Å²) in [5.74, 6) is 0. The number of alkyl halides is 2. The van der Waals surface area contributed by atoms with Crippen LogP contribution < -0.4 is 0 Å². The zero-order valence-electron chi connectivity index (χ0n) is 5.92. The first-order valence-electron chi connectivity index (χ1n) is 3.18. The molecule has 0 aliphatic heterocycles. The maximum Gasteiger partial charge on any atom is 0.268 e. The van der Waals surface area contributed by atoms with Gasteiger partial charge in [0.05, 0.1) is 5.02 Å². The molecule has 12 heavy (non-hydrogen) atoms. The van der Waals surface area contributed by atoms with Gasteiger partial charge in [0.25, 0.3) is 6.43 Å². The molecule has 0 aliphatic carbocycles. The van der Waals surface area contributed by atoms with E-state index < -0.39 is 12.5 Å². The maximum atomic E-state index is 12.0. The summed E-state index contributed by atoms with van der Waals surface area (Å²) < 4.78 is 23.9. The van der Waals surface area contributed by atoms with Crippen molar-refractivity contribution in [2.24, 2.45) is 0 Å². The number of aromatic nitrogens is 1. The Hall–Kier alpha value is -0.740. The van der Waals surface area contributed by atoms with Gasteiger partial charge >= 0.3 is 0 Å². The molecule has 1 N–H and O–H groups in total. The molecular formula is C7H6ClF2NO. The molecule has 0 amide bonds.